The fraction of sp³-hybridized carbons (Fsp3) is 0.306. The molecule has 13 nitrogen and oxygen atoms in total. The number of aromatic nitrogens is 2. The van der Waals surface area contributed by atoms with E-state index in [1.54, 1.807) is 33.2 Å². The van der Waals surface area contributed by atoms with E-state index in [9.17, 15) is 28.4 Å². The molecule has 0 spiro atoms. The monoisotopic (exact) mass is 686 g/mol. The number of ether oxygens (including phenoxy) is 1. The highest BCUT2D eigenvalue weighted by Gasteiger charge is 2.30. The van der Waals surface area contributed by atoms with Crippen LogP contribution in [0.5, 0.6) is 0 Å². The normalized spacial score (nSPS) is 13.1. The number of halogens is 1. The Balaban J connectivity index is 1.49. The van der Waals surface area contributed by atoms with E-state index in [1.807, 2.05) is 24.3 Å². The Morgan fingerprint density at radius 1 is 1.00 bits per heavy atom. The molecular formula is C36H39FN6O7. The van der Waals surface area contributed by atoms with Crippen LogP contribution in [0.2, 0.25) is 0 Å². The number of carbonyl (C=O) groups is 5. The van der Waals surface area contributed by atoms with E-state index in [2.05, 4.69) is 26.1 Å². The first kappa shape index (κ1) is 36.9. The Morgan fingerprint density at radius 2 is 1.76 bits per heavy atom. The predicted octanol–water partition coefficient (Wildman–Crippen LogP) is 3.20. The van der Waals surface area contributed by atoms with Crippen LogP contribution >= 0.6 is 0 Å². The Hall–Kier alpha value is -5.92. The van der Waals surface area contributed by atoms with E-state index >= 15 is 0 Å². The zero-order valence-electron chi connectivity index (χ0n) is 27.9. The number of rotatable bonds is 16. The van der Waals surface area contributed by atoms with Gasteiger partial charge in [0.05, 0.1) is 0 Å². The summed E-state index contributed by atoms with van der Waals surface area (Å²) in [6, 6.07) is 11.0. The first-order valence-corrected chi connectivity index (χ1v) is 15.9. The summed E-state index contributed by atoms with van der Waals surface area (Å²) >= 11 is 0. The van der Waals surface area contributed by atoms with Crippen molar-refractivity contribution in [3.05, 3.63) is 108 Å². The summed E-state index contributed by atoms with van der Waals surface area (Å²) in [5.41, 5.74) is 6.66. The van der Waals surface area contributed by atoms with Crippen molar-refractivity contribution < 1.29 is 37.6 Å². The van der Waals surface area contributed by atoms with Crippen molar-refractivity contribution in [2.24, 2.45) is 11.7 Å². The Kier molecular flexibility index (Phi) is 12.9. The quantitative estimate of drug-likeness (QED) is 0.101. The molecular weight excluding hydrogens is 647 g/mol. The summed E-state index contributed by atoms with van der Waals surface area (Å²) in [7, 11) is 0. The smallest absolute Gasteiger partial charge is 0.330 e. The van der Waals surface area contributed by atoms with E-state index in [1.165, 1.54) is 36.4 Å². The number of hydrogen-bond acceptors (Lipinski definition) is 9. The fourth-order valence-electron chi connectivity index (χ4n) is 5.06. The van der Waals surface area contributed by atoms with Gasteiger partial charge in [0, 0.05) is 48.8 Å². The van der Waals surface area contributed by atoms with E-state index in [0.29, 0.717) is 11.3 Å². The number of pyridine rings is 1. The summed E-state index contributed by atoms with van der Waals surface area (Å²) in [4.78, 5) is 68.5. The van der Waals surface area contributed by atoms with E-state index in [-0.39, 0.29) is 31.6 Å². The van der Waals surface area contributed by atoms with Crippen LogP contribution in [0.4, 0.5) is 4.39 Å². The highest BCUT2D eigenvalue weighted by molar-refractivity contribution is 5.97. The van der Waals surface area contributed by atoms with Crippen molar-refractivity contribution in [3.63, 3.8) is 0 Å². The predicted molar refractivity (Wildman–Crippen MR) is 180 cm³/mol. The van der Waals surface area contributed by atoms with E-state index < -0.39 is 59.5 Å². The molecule has 0 bridgehead atoms. The lowest BCUT2D eigenvalue weighted by Gasteiger charge is -2.26. The lowest BCUT2D eigenvalue weighted by atomic mass is 10.00. The van der Waals surface area contributed by atoms with Gasteiger partial charge in [-0.3, -0.25) is 24.2 Å². The molecule has 262 valence electrons. The van der Waals surface area contributed by atoms with Gasteiger partial charge in [0.2, 0.25) is 17.7 Å². The number of nitrogens with zero attached hydrogens (tertiary/aromatic N) is 2. The Labute approximate surface area is 287 Å². The number of nitrogens with two attached hydrogens (primary N) is 1. The molecule has 4 aromatic rings. The summed E-state index contributed by atoms with van der Waals surface area (Å²) in [5.74, 6) is -3.75. The maximum Gasteiger partial charge on any atom is 0.330 e. The average molecular weight is 687 g/mol. The second kappa shape index (κ2) is 17.5. The second-order valence-corrected chi connectivity index (χ2v) is 12.0. The highest BCUT2D eigenvalue weighted by atomic mass is 19.1. The van der Waals surface area contributed by atoms with Crippen molar-refractivity contribution in [2.45, 2.75) is 64.8 Å². The first-order chi connectivity index (χ1) is 23.9. The van der Waals surface area contributed by atoms with Crippen LogP contribution in [0.25, 0.3) is 10.8 Å². The number of hydrogen-bond donors (Lipinski definition) is 4. The number of esters is 1. The molecule has 0 aliphatic heterocycles. The molecule has 0 fully saturated rings. The number of fused-ring (bicyclic) bond motifs is 1. The molecule has 2 heterocycles. The summed E-state index contributed by atoms with van der Waals surface area (Å²) in [6.45, 7) is 5.04. The Morgan fingerprint density at radius 3 is 2.44 bits per heavy atom. The molecule has 2 aromatic carbocycles. The van der Waals surface area contributed by atoms with E-state index in [4.69, 9.17) is 15.0 Å². The van der Waals surface area contributed by atoms with Gasteiger partial charge in [-0.05, 0) is 54.0 Å². The molecule has 0 aliphatic rings. The number of benzene rings is 2. The topological polar surface area (TPSA) is 196 Å². The summed E-state index contributed by atoms with van der Waals surface area (Å²) < 4.78 is 24.1. The highest BCUT2D eigenvalue weighted by Crippen LogP contribution is 2.18. The van der Waals surface area contributed by atoms with Gasteiger partial charge < -0.3 is 30.9 Å². The summed E-state index contributed by atoms with van der Waals surface area (Å²) in [6.07, 6.45) is 5.74. The summed E-state index contributed by atoms with van der Waals surface area (Å²) in [5, 5.41) is 13.5. The van der Waals surface area contributed by atoms with Crippen LogP contribution in [-0.4, -0.2) is 57.9 Å². The van der Waals surface area contributed by atoms with Crippen LogP contribution in [0.3, 0.4) is 0 Å². The maximum absolute atomic E-state index is 13.7. The van der Waals surface area contributed by atoms with Crippen LogP contribution in [0.15, 0.2) is 83.7 Å². The standard InChI is InChI=1S/C36H39FN6O7/c1-21(2)33(42-35(47)30-17-22(3)50-43-30)36(48)41-29(18-23-7-9-26(37)10-8-23)34(46)40-27(11-13-31(38)44)12-14-32(45)49-20-25-6-4-5-24-19-39-16-15-28(24)25/h4-10,12,14-17,19,21,27,29,33H,11,13,18,20H2,1-3H3,(H2,38,44)(H,40,46)(H,41,48)(H,42,47)/b14-12+/t27-,29+,33+/m1/s1. The molecule has 50 heavy (non-hydrogen) atoms. The molecule has 5 N–H and O–H groups in total. The molecule has 4 amide bonds. The molecule has 0 aliphatic carbocycles. The number of nitrogens with one attached hydrogen (secondary N) is 3. The lowest BCUT2D eigenvalue weighted by molar-refractivity contribution is -0.139. The molecule has 0 saturated heterocycles. The first-order valence-electron chi connectivity index (χ1n) is 15.9. The van der Waals surface area contributed by atoms with Crippen LogP contribution in [0, 0.1) is 18.7 Å². The van der Waals surface area contributed by atoms with Gasteiger partial charge in [0.1, 0.15) is 30.3 Å². The van der Waals surface area contributed by atoms with Gasteiger partial charge in [0.25, 0.3) is 5.91 Å². The van der Waals surface area contributed by atoms with Crippen LogP contribution in [0.1, 0.15) is 54.1 Å². The maximum atomic E-state index is 13.7. The Bertz CT molecular complexity index is 1850. The zero-order valence-corrected chi connectivity index (χ0v) is 27.9. The fourth-order valence-corrected chi connectivity index (χ4v) is 5.06. The van der Waals surface area contributed by atoms with Crippen molar-refractivity contribution in [3.8, 4) is 0 Å². The molecule has 0 radical (unpaired) electrons. The molecule has 0 saturated carbocycles. The molecule has 14 heteroatoms. The van der Waals surface area contributed by atoms with Crippen molar-refractivity contribution in [1.82, 2.24) is 26.1 Å². The third-order valence-corrected chi connectivity index (χ3v) is 7.72. The van der Waals surface area contributed by atoms with Gasteiger partial charge in [-0.1, -0.05) is 55.4 Å². The third-order valence-electron chi connectivity index (χ3n) is 7.72. The van der Waals surface area contributed by atoms with Crippen molar-refractivity contribution in [2.75, 3.05) is 0 Å². The number of primary amides is 1. The molecule has 4 rings (SSSR count). The minimum Gasteiger partial charge on any atom is -0.458 e. The van der Waals surface area contributed by atoms with E-state index in [0.717, 1.165) is 22.4 Å². The number of aryl methyl sites for hydroxylation is 1. The van der Waals surface area contributed by atoms with Crippen LogP contribution in [-0.2, 0) is 36.9 Å². The number of carbonyl (C=O) groups excluding carboxylic acids is 5. The van der Waals surface area contributed by atoms with Gasteiger partial charge in [-0.15, -0.1) is 0 Å². The average Bonchev–Trinajstić information content (AvgIpc) is 3.53. The minimum absolute atomic E-state index is 0.0152. The lowest BCUT2D eigenvalue weighted by Crippen LogP contribution is -2.56. The van der Waals surface area contributed by atoms with Crippen molar-refractivity contribution in [1.29, 1.82) is 0 Å². The number of amides is 4. The van der Waals surface area contributed by atoms with Crippen molar-refractivity contribution >= 4 is 40.4 Å². The minimum atomic E-state index is -1.21. The second-order valence-electron chi connectivity index (χ2n) is 12.0. The zero-order chi connectivity index (χ0) is 36.2. The SMILES string of the molecule is Cc1cc(C(=O)N[C@H](C(=O)N[C@@H](Cc2ccc(F)cc2)C(=O)N[C@@H](/C=C/C(=O)OCc2cccc3cnccc23)CCC(N)=O)C(C)C)no1. The van der Waals surface area contributed by atoms with Gasteiger partial charge in [0.15, 0.2) is 5.69 Å². The third kappa shape index (κ3) is 10.8. The van der Waals surface area contributed by atoms with Gasteiger partial charge in [-0.2, -0.15) is 0 Å². The van der Waals surface area contributed by atoms with Gasteiger partial charge in [-0.25, -0.2) is 9.18 Å². The van der Waals surface area contributed by atoms with Crippen LogP contribution < -0.4 is 21.7 Å². The molecule has 3 atom stereocenters. The van der Waals surface area contributed by atoms with Gasteiger partial charge >= 0.3 is 5.97 Å². The molecule has 0 unspecified atom stereocenters. The largest absolute Gasteiger partial charge is 0.458 e. The molecule has 2 aromatic heterocycles.